The predicted molar refractivity (Wildman–Crippen MR) is 44.3 cm³/mol. The van der Waals surface area contributed by atoms with Crippen molar-refractivity contribution in [3.63, 3.8) is 0 Å². The summed E-state index contributed by atoms with van der Waals surface area (Å²) in [5, 5.41) is 16.3. The molecule has 0 amide bonds. The number of nitriles is 1. The predicted octanol–water partition coefficient (Wildman–Crippen LogP) is 2.40. The third-order valence-corrected chi connectivity index (χ3v) is 0.947. The molecule has 0 aliphatic rings. The summed E-state index contributed by atoms with van der Waals surface area (Å²) >= 11 is 0. The highest BCUT2D eigenvalue weighted by atomic mass is 15.1. The molecule has 0 saturated heterocycles. The van der Waals surface area contributed by atoms with E-state index in [9.17, 15) is 0 Å². The zero-order chi connectivity index (χ0) is 8.91. The molecule has 3 heteroatoms. The van der Waals surface area contributed by atoms with Crippen LogP contribution in [0.2, 0.25) is 0 Å². The number of nitrogens with zero attached hydrogens (tertiary/aromatic N) is 3. The fraction of sp³-hybridized carbons (Fsp3) is 0.875. The molecular weight excluding hydrogens is 138 g/mol. The average molecular weight is 153 g/mol. The summed E-state index contributed by atoms with van der Waals surface area (Å²) in [6, 6.07) is 2.10. The van der Waals surface area contributed by atoms with Crippen molar-refractivity contribution in [2.75, 3.05) is 6.54 Å². The van der Waals surface area contributed by atoms with E-state index in [0.29, 0.717) is 6.54 Å². The second-order valence-corrected chi connectivity index (χ2v) is 3.62. The van der Waals surface area contributed by atoms with Gasteiger partial charge in [0.05, 0.1) is 24.1 Å². The SMILES string of the molecule is CC(C#N)C/N=N/C(C)(C)C. The number of hydrogen-bond acceptors (Lipinski definition) is 3. The second kappa shape index (κ2) is 4.07. The van der Waals surface area contributed by atoms with E-state index in [2.05, 4.69) is 16.3 Å². The van der Waals surface area contributed by atoms with E-state index < -0.39 is 0 Å². The quantitative estimate of drug-likeness (QED) is 0.562. The fourth-order valence-corrected chi connectivity index (χ4v) is 0.416. The molecule has 0 spiro atoms. The molecule has 0 aromatic heterocycles. The van der Waals surface area contributed by atoms with Crippen LogP contribution in [0.1, 0.15) is 27.7 Å². The summed E-state index contributed by atoms with van der Waals surface area (Å²) in [4.78, 5) is 0. The van der Waals surface area contributed by atoms with Crippen molar-refractivity contribution in [1.82, 2.24) is 0 Å². The van der Waals surface area contributed by atoms with Gasteiger partial charge in [-0.1, -0.05) is 0 Å². The Morgan fingerprint density at radius 3 is 2.36 bits per heavy atom. The highest BCUT2D eigenvalue weighted by Gasteiger charge is 2.06. The normalized spacial score (nSPS) is 14.8. The maximum absolute atomic E-state index is 8.41. The minimum absolute atomic E-state index is 0.0268. The molecule has 0 aromatic carbocycles. The van der Waals surface area contributed by atoms with Gasteiger partial charge < -0.3 is 0 Å². The van der Waals surface area contributed by atoms with Crippen LogP contribution >= 0.6 is 0 Å². The van der Waals surface area contributed by atoms with Crippen molar-refractivity contribution in [3.8, 4) is 6.07 Å². The van der Waals surface area contributed by atoms with Gasteiger partial charge in [0, 0.05) is 0 Å². The average Bonchev–Trinajstić information content (AvgIpc) is 1.85. The van der Waals surface area contributed by atoms with E-state index >= 15 is 0 Å². The molecule has 0 fully saturated rings. The van der Waals surface area contributed by atoms with Crippen molar-refractivity contribution in [3.05, 3.63) is 0 Å². The zero-order valence-corrected chi connectivity index (χ0v) is 7.63. The molecule has 0 aromatic rings. The summed E-state index contributed by atoms with van der Waals surface area (Å²) < 4.78 is 0. The number of hydrogen-bond donors (Lipinski definition) is 0. The lowest BCUT2D eigenvalue weighted by atomic mass is 10.1. The lowest BCUT2D eigenvalue weighted by molar-refractivity contribution is 0.529. The Labute approximate surface area is 68.1 Å². The topological polar surface area (TPSA) is 48.5 Å². The van der Waals surface area contributed by atoms with Gasteiger partial charge in [-0.2, -0.15) is 15.5 Å². The van der Waals surface area contributed by atoms with Crippen LogP contribution in [0.15, 0.2) is 10.2 Å². The first-order valence-electron chi connectivity index (χ1n) is 3.74. The fourth-order valence-electron chi connectivity index (χ4n) is 0.416. The van der Waals surface area contributed by atoms with Crippen LogP contribution in [0.5, 0.6) is 0 Å². The van der Waals surface area contributed by atoms with Gasteiger partial charge in [-0.25, -0.2) is 0 Å². The molecule has 62 valence electrons. The minimum Gasteiger partial charge on any atom is -0.198 e. The van der Waals surface area contributed by atoms with Crippen molar-refractivity contribution >= 4 is 0 Å². The standard InChI is InChI=1S/C8H15N3/c1-7(5-9)6-10-11-8(2,3)4/h7H,6H2,1-4H3/b11-10+. The van der Waals surface area contributed by atoms with Crippen LogP contribution in [0.4, 0.5) is 0 Å². The van der Waals surface area contributed by atoms with Gasteiger partial charge in [0.15, 0.2) is 0 Å². The molecule has 0 bridgehead atoms. The first-order chi connectivity index (χ1) is 4.95. The van der Waals surface area contributed by atoms with E-state index in [1.807, 2.05) is 27.7 Å². The van der Waals surface area contributed by atoms with Gasteiger partial charge in [-0.15, -0.1) is 0 Å². The summed E-state index contributed by atoms with van der Waals surface area (Å²) in [5.41, 5.74) is -0.116. The molecule has 0 aliphatic carbocycles. The lowest BCUT2D eigenvalue weighted by Crippen LogP contribution is -2.08. The first-order valence-corrected chi connectivity index (χ1v) is 3.74. The van der Waals surface area contributed by atoms with E-state index in [1.165, 1.54) is 0 Å². The molecule has 3 nitrogen and oxygen atoms in total. The highest BCUT2D eigenvalue weighted by molar-refractivity contribution is 4.80. The van der Waals surface area contributed by atoms with E-state index in [1.54, 1.807) is 0 Å². The molecule has 0 rings (SSSR count). The Kier molecular flexibility index (Phi) is 3.73. The zero-order valence-electron chi connectivity index (χ0n) is 7.63. The Hall–Kier alpha value is -0.910. The van der Waals surface area contributed by atoms with Crippen LogP contribution in [-0.2, 0) is 0 Å². The van der Waals surface area contributed by atoms with Crippen molar-refractivity contribution in [2.45, 2.75) is 33.2 Å². The number of rotatable bonds is 2. The summed E-state index contributed by atoms with van der Waals surface area (Å²) in [5.74, 6) is -0.0268. The van der Waals surface area contributed by atoms with Crippen molar-refractivity contribution < 1.29 is 0 Å². The minimum atomic E-state index is -0.116. The molecule has 0 radical (unpaired) electrons. The monoisotopic (exact) mass is 153 g/mol. The summed E-state index contributed by atoms with van der Waals surface area (Å²) in [7, 11) is 0. The Balaban J connectivity index is 3.72. The Bertz CT molecular complexity index is 171. The van der Waals surface area contributed by atoms with Gasteiger partial charge in [0.1, 0.15) is 0 Å². The van der Waals surface area contributed by atoms with Gasteiger partial charge >= 0.3 is 0 Å². The van der Waals surface area contributed by atoms with Crippen LogP contribution in [0.25, 0.3) is 0 Å². The maximum atomic E-state index is 8.41. The smallest absolute Gasteiger partial charge is 0.0754 e. The summed E-state index contributed by atoms with van der Waals surface area (Å²) in [6.45, 7) is 8.28. The largest absolute Gasteiger partial charge is 0.198 e. The highest BCUT2D eigenvalue weighted by Crippen LogP contribution is 2.07. The molecule has 0 N–H and O–H groups in total. The molecule has 0 heterocycles. The van der Waals surface area contributed by atoms with Crippen LogP contribution < -0.4 is 0 Å². The Morgan fingerprint density at radius 2 is 2.00 bits per heavy atom. The van der Waals surface area contributed by atoms with Crippen LogP contribution in [-0.4, -0.2) is 12.1 Å². The third-order valence-electron chi connectivity index (χ3n) is 0.947. The van der Waals surface area contributed by atoms with Gasteiger partial charge in [0.2, 0.25) is 0 Å². The molecular formula is C8H15N3. The molecule has 11 heavy (non-hydrogen) atoms. The third kappa shape index (κ3) is 6.98. The van der Waals surface area contributed by atoms with Gasteiger partial charge in [-0.05, 0) is 27.7 Å². The molecule has 0 saturated carbocycles. The van der Waals surface area contributed by atoms with E-state index in [0.717, 1.165) is 0 Å². The molecule has 1 unspecified atom stereocenters. The van der Waals surface area contributed by atoms with Crippen molar-refractivity contribution in [1.29, 1.82) is 5.26 Å². The maximum Gasteiger partial charge on any atom is 0.0754 e. The van der Waals surface area contributed by atoms with Gasteiger partial charge in [-0.3, -0.25) is 0 Å². The van der Waals surface area contributed by atoms with Crippen LogP contribution in [0.3, 0.4) is 0 Å². The Morgan fingerprint density at radius 1 is 1.45 bits per heavy atom. The van der Waals surface area contributed by atoms with E-state index in [4.69, 9.17) is 5.26 Å². The summed E-state index contributed by atoms with van der Waals surface area (Å²) in [6.07, 6.45) is 0. The lowest BCUT2D eigenvalue weighted by Gasteiger charge is -2.08. The van der Waals surface area contributed by atoms with Crippen molar-refractivity contribution in [2.24, 2.45) is 16.1 Å². The second-order valence-electron chi connectivity index (χ2n) is 3.62. The van der Waals surface area contributed by atoms with Crippen LogP contribution in [0, 0.1) is 17.2 Å². The molecule has 0 aliphatic heterocycles. The van der Waals surface area contributed by atoms with E-state index in [-0.39, 0.29) is 11.5 Å². The first kappa shape index (κ1) is 10.1. The van der Waals surface area contributed by atoms with Gasteiger partial charge in [0.25, 0.3) is 0 Å². The number of azo groups is 1. The molecule has 1 atom stereocenters.